The molecule has 0 aromatic carbocycles. The van der Waals surface area contributed by atoms with Gasteiger partial charge in [-0.25, -0.2) is 4.98 Å². The summed E-state index contributed by atoms with van der Waals surface area (Å²) < 4.78 is 1.99. The van der Waals surface area contributed by atoms with Crippen molar-refractivity contribution >= 4 is 5.95 Å². The predicted molar refractivity (Wildman–Crippen MR) is 64.0 cm³/mol. The maximum Gasteiger partial charge on any atom is 0.202 e. The van der Waals surface area contributed by atoms with Gasteiger partial charge in [0, 0.05) is 32.5 Å². The molecule has 0 saturated carbocycles. The number of anilines is 1. The monoisotopic (exact) mass is 210 g/mol. The molecule has 1 N–H and O–H groups in total. The molecule has 4 heteroatoms. The number of imidazole rings is 1. The van der Waals surface area contributed by atoms with Crippen LogP contribution in [0.15, 0.2) is 12.4 Å². The molecule has 0 aliphatic rings. The van der Waals surface area contributed by atoms with Crippen LogP contribution in [0.5, 0.6) is 0 Å². The molecule has 0 spiro atoms. The number of hydrogen-bond acceptors (Lipinski definition) is 3. The lowest BCUT2D eigenvalue weighted by Crippen LogP contribution is -2.34. The van der Waals surface area contributed by atoms with E-state index in [0.717, 1.165) is 19.0 Å². The number of rotatable bonds is 5. The normalized spacial score (nSPS) is 12.1. The highest BCUT2D eigenvalue weighted by Gasteiger charge is 2.19. The summed E-state index contributed by atoms with van der Waals surface area (Å²) in [5.41, 5.74) is 0.245. The highest BCUT2D eigenvalue weighted by Crippen LogP contribution is 2.16. The van der Waals surface area contributed by atoms with Gasteiger partial charge >= 0.3 is 0 Å². The van der Waals surface area contributed by atoms with E-state index < -0.39 is 0 Å². The Morgan fingerprint density at radius 2 is 2.13 bits per heavy atom. The van der Waals surface area contributed by atoms with Crippen LogP contribution in [0.2, 0.25) is 0 Å². The van der Waals surface area contributed by atoms with Crippen molar-refractivity contribution in [1.82, 2.24) is 14.5 Å². The van der Waals surface area contributed by atoms with Crippen LogP contribution in [-0.4, -0.2) is 41.6 Å². The molecule has 0 radical (unpaired) electrons. The second-order valence-electron chi connectivity index (χ2n) is 5.12. The SMILES string of the molecule is CN(C)CC(C)(C)CNc1nccn1C. The molecule has 86 valence electrons. The summed E-state index contributed by atoms with van der Waals surface area (Å²) in [6, 6.07) is 0. The third kappa shape index (κ3) is 3.91. The standard InChI is InChI=1S/C11H22N4/c1-11(2,9-14(3)4)8-13-10-12-6-7-15(10)5/h6-7H,8-9H2,1-5H3,(H,12,13). The van der Waals surface area contributed by atoms with Crippen molar-refractivity contribution in [3.05, 3.63) is 12.4 Å². The van der Waals surface area contributed by atoms with Gasteiger partial charge in [0.25, 0.3) is 0 Å². The van der Waals surface area contributed by atoms with Gasteiger partial charge in [-0.2, -0.15) is 0 Å². The minimum Gasteiger partial charge on any atom is -0.355 e. The van der Waals surface area contributed by atoms with Gasteiger partial charge in [0.2, 0.25) is 5.95 Å². The maximum absolute atomic E-state index is 4.24. The molecule has 0 saturated heterocycles. The molecular weight excluding hydrogens is 188 g/mol. The lowest BCUT2D eigenvalue weighted by Gasteiger charge is -2.28. The Kier molecular flexibility index (Phi) is 3.74. The molecule has 0 atom stereocenters. The van der Waals surface area contributed by atoms with Crippen molar-refractivity contribution in [2.45, 2.75) is 13.8 Å². The van der Waals surface area contributed by atoms with Gasteiger partial charge in [-0.1, -0.05) is 13.8 Å². The van der Waals surface area contributed by atoms with Crippen LogP contribution in [0.3, 0.4) is 0 Å². The fourth-order valence-corrected chi connectivity index (χ4v) is 1.77. The zero-order chi connectivity index (χ0) is 11.5. The number of nitrogens with one attached hydrogen (secondary N) is 1. The average molecular weight is 210 g/mol. The molecule has 1 aromatic rings. The van der Waals surface area contributed by atoms with Crippen molar-refractivity contribution in [2.75, 3.05) is 32.5 Å². The van der Waals surface area contributed by atoms with Gasteiger partial charge in [-0.15, -0.1) is 0 Å². The van der Waals surface area contributed by atoms with E-state index in [2.05, 4.69) is 43.1 Å². The van der Waals surface area contributed by atoms with Gasteiger partial charge in [-0.05, 0) is 19.5 Å². The molecule has 0 aliphatic carbocycles. The molecule has 4 nitrogen and oxygen atoms in total. The summed E-state index contributed by atoms with van der Waals surface area (Å²) in [5.74, 6) is 0.932. The van der Waals surface area contributed by atoms with Crippen LogP contribution < -0.4 is 5.32 Å². The van der Waals surface area contributed by atoms with Crippen molar-refractivity contribution < 1.29 is 0 Å². The van der Waals surface area contributed by atoms with E-state index in [1.807, 2.05) is 17.8 Å². The lowest BCUT2D eigenvalue weighted by atomic mass is 9.93. The molecule has 0 fully saturated rings. The van der Waals surface area contributed by atoms with Gasteiger partial charge in [0.15, 0.2) is 0 Å². The van der Waals surface area contributed by atoms with Gasteiger partial charge in [-0.3, -0.25) is 0 Å². The molecule has 1 aromatic heterocycles. The first kappa shape index (κ1) is 12.0. The summed E-state index contributed by atoms with van der Waals surface area (Å²) in [7, 11) is 6.19. The Hall–Kier alpha value is -1.03. The van der Waals surface area contributed by atoms with E-state index in [-0.39, 0.29) is 5.41 Å². The van der Waals surface area contributed by atoms with Crippen LogP contribution in [0.4, 0.5) is 5.95 Å². The van der Waals surface area contributed by atoms with Gasteiger partial charge in [0.1, 0.15) is 0 Å². The minimum atomic E-state index is 0.245. The van der Waals surface area contributed by atoms with Crippen LogP contribution in [0.25, 0.3) is 0 Å². The Bertz CT molecular complexity index is 301. The summed E-state index contributed by atoms with van der Waals surface area (Å²) in [6.07, 6.45) is 3.75. The molecule has 0 aliphatic heterocycles. The Labute approximate surface area is 92.3 Å². The number of aryl methyl sites for hydroxylation is 1. The second-order valence-corrected chi connectivity index (χ2v) is 5.12. The van der Waals surface area contributed by atoms with E-state index in [4.69, 9.17) is 0 Å². The van der Waals surface area contributed by atoms with E-state index in [9.17, 15) is 0 Å². The predicted octanol–water partition coefficient (Wildman–Crippen LogP) is 1.42. The molecule has 0 bridgehead atoms. The molecule has 0 unspecified atom stereocenters. The fourth-order valence-electron chi connectivity index (χ4n) is 1.77. The van der Waals surface area contributed by atoms with Gasteiger partial charge in [0.05, 0.1) is 0 Å². The first-order valence-corrected chi connectivity index (χ1v) is 5.27. The van der Waals surface area contributed by atoms with E-state index in [0.29, 0.717) is 0 Å². The molecule has 15 heavy (non-hydrogen) atoms. The summed E-state index contributed by atoms with van der Waals surface area (Å²) >= 11 is 0. The largest absolute Gasteiger partial charge is 0.355 e. The summed E-state index contributed by atoms with van der Waals surface area (Å²) in [6.45, 7) is 6.49. The summed E-state index contributed by atoms with van der Waals surface area (Å²) in [5, 5.41) is 3.36. The number of hydrogen-bond donors (Lipinski definition) is 1. The van der Waals surface area contributed by atoms with Crippen LogP contribution >= 0.6 is 0 Å². The Morgan fingerprint density at radius 1 is 1.47 bits per heavy atom. The topological polar surface area (TPSA) is 33.1 Å². The first-order valence-electron chi connectivity index (χ1n) is 5.27. The highest BCUT2D eigenvalue weighted by atomic mass is 15.2. The molecular formula is C11H22N4. The first-order chi connectivity index (χ1) is 6.91. The average Bonchev–Trinajstić information content (AvgIpc) is 2.45. The number of nitrogens with zero attached hydrogens (tertiary/aromatic N) is 3. The van der Waals surface area contributed by atoms with E-state index >= 15 is 0 Å². The van der Waals surface area contributed by atoms with Crippen molar-refractivity contribution in [3.8, 4) is 0 Å². The van der Waals surface area contributed by atoms with Gasteiger partial charge < -0.3 is 14.8 Å². The molecule has 1 rings (SSSR count). The number of aromatic nitrogens is 2. The fraction of sp³-hybridized carbons (Fsp3) is 0.727. The van der Waals surface area contributed by atoms with E-state index in [1.54, 1.807) is 6.20 Å². The quantitative estimate of drug-likeness (QED) is 0.798. The van der Waals surface area contributed by atoms with Crippen LogP contribution in [0.1, 0.15) is 13.8 Å². The van der Waals surface area contributed by atoms with Crippen molar-refractivity contribution in [1.29, 1.82) is 0 Å². The van der Waals surface area contributed by atoms with Crippen LogP contribution in [-0.2, 0) is 7.05 Å². The summed E-state index contributed by atoms with van der Waals surface area (Å²) in [4.78, 5) is 6.44. The Morgan fingerprint density at radius 3 is 2.60 bits per heavy atom. The molecule has 1 heterocycles. The lowest BCUT2D eigenvalue weighted by molar-refractivity contribution is 0.253. The third-order valence-electron chi connectivity index (χ3n) is 2.29. The van der Waals surface area contributed by atoms with Crippen molar-refractivity contribution in [3.63, 3.8) is 0 Å². The van der Waals surface area contributed by atoms with Crippen LogP contribution in [0, 0.1) is 5.41 Å². The second kappa shape index (κ2) is 4.66. The smallest absolute Gasteiger partial charge is 0.202 e. The third-order valence-corrected chi connectivity index (χ3v) is 2.29. The zero-order valence-electron chi connectivity index (χ0n) is 10.4. The highest BCUT2D eigenvalue weighted by molar-refractivity contribution is 5.25. The zero-order valence-corrected chi connectivity index (χ0v) is 10.4. The molecule has 0 amide bonds. The Balaban J connectivity index is 2.46. The minimum absolute atomic E-state index is 0.245. The van der Waals surface area contributed by atoms with E-state index in [1.165, 1.54) is 0 Å². The van der Waals surface area contributed by atoms with Crippen molar-refractivity contribution in [2.24, 2.45) is 12.5 Å². The maximum atomic E-state index is 4.24.